The summed E-state index contributed by atoms with van der Waals surface area (Å²) in [5.74, 6) is 0.851. The minimum Gasteiger partial charge on any atom is -0.872 e. The van der Waals surface area contributed by atoms with E-state index < -0.39 is 0 Å². The van der Waals surface area contributed by atoms with E-state index in [1.54, 1.807) is 25.1 Å². The molecule has 0 spiro atoms. The van der Waals surface area contributed by atoms with Gasteiger partial charge >= 0.3 is 0 Å². The molecule has 1 saturated heterocycles. The van der Waals surface area contributed by atoms with Crippen molar-refractivity contribution in [2.24, 2.45) is 0 Å². The van der Waals surface area contributed by atoms with Crippen LogP contribution in [0.3, 0.4) is 0 Å². The predicted molar refractivity (Wildman–Crippen MR) is 87.5 cm³/mol. The van der Waals surface area contributed by atoms with Crippen molar-refractivity contribution < 1.29 is 28.7 Å². The van der Waals surface area contributed by atoms with Gasteiger partial charge in [-0.2, -0.15) is 0 Å². The van der Waals surface area contributed by atoms with Crippen LogP contribution in [-0.2, 0) is 11.3 Å². The van der Waals surface area contributed by atoms with E-state index in [2.05, 4.69) is 0 Å². The molecule has 0 aliphatic carbocycles. The number of furan rings is 1. The first-order valence-corrected chi connectivity index (χ1v) is 8.36. The molecule has 0 unspecified atom stereocenters. The van der Waals surface area contributed by atoms with Crippen molar-refractivity contribution in [3.63, 3.8) is 0 Å². The molecule has 0 radical (unpaired) electrons. The van der Waals surface area contributed by atoms with Crippen molar-refractivity contribution in [3.05, 3.63) is 52.7 Å². The summed E-state index contributed by atoms with van der Waals surface area (Å²) in [6, 6.07) is 5.02. The highest BCUT2D eigenvalue weighted by molar-refractivity contribution is 6.15. The number of ketones is 1. The smallest absolute Gasteiger partial charge is 0.232 e. The Hall–Kier alpha value is -2.57. The molecule has 3 heterocycles. The van der Waals surface area contributed by atoms with Gasteiger partial charge in [-0.15, -0.1) is 0 Å². The van der Waals surface area contributed by atoms with Gasteiger partial charge in [-0.1, -0.05) is 11.8 Å². The fourth-order valence-electron chi connectivity index (χ4n) is 3.32. The number of nitrogens with one attached hydrogen (secondary N) is 1. The number of hydrogen-bond acceptors (Lipinski definition) is 5. The van der Waals surface area contributed by atoms with E-state index in [-0.39, 0.29) is 17.3 Å². The molecule has 1 aromatic carbocycles. The second kappa shape index (κ2) is 6.38. The van der Waals surface area contributed by atoms with Crippen LogP contribution >= 0.6 is 0 Å². The van der Waals surface area contributed by atoms with Crippen LogP contribution in [0.15, 0.2) is 34.6 Å². The lowest BCUT2D eigenvalue weighted by Gasteiger charge is -2.26. The predicted octanol–water partition coefficient (Wildman–Crippen LogP) is 0.693. The van der Waals surface area contributed by atoms with Gasteiger partial charge in [0, 0.05) is 11.6 Å². The standard InChI is InChI=1S/C19H19NO5/c1-12-9-15(21)14(11-20-4-7-23-8-5-20)19-17(12)18(22)16(25-19)10-13-3-2-6-24-13/h2-3,6,9-10,21H,4-5,7-8,11H2,1H3. The van der Waals surface area contributed by atoms with E-state index in [0.29, 0.717) is 48.0 Å². The van der Waals surface area contributed by atoms with Crippen LogP contribution in [-0.4, -0.2) is 32.1 Å². The van der Waals surface area contributed by atoms with E-state index in [1.807, 2.05) is 0 Å². The molecular formula is C19H19NO5. The molecule has 6 nitrogen and oxygen atoms in total. The van der Waals surface area contributed by atoms with E-state index in [1.165, 1.54) is 17.2 Å². The number of allylic oxidation sites excluding steroid dienone is 1. The lowest BCUT2D eigenvalue weighted by molar-refractivity contribution is -0.921. The Labute approximate surface area is 145 Å². The van der Waals surface area contributed by atoms with Crippen molar-refractivity contribution in [2.75, 3.05) is 26.3 Å². The van der Waals surface area contributed by atoms with Gasteiger partial charge in [0.05, 0.1) is 25.0 Å². The molecule has 0 bridgehead atoms. The van der Waals surface area contributed by atoms with E-state index >= 15 is 0 Å². The second-order valence-corrected chi connectivity index (χ2v) is 6.37. The summed E-state index contributed by atoms with van der Waals surface area (Å²) in [7, 11) is 0. The number of fused-ring (bicyclic) bond motifs is 1. The maximum absolute atomic E-state index is 12.7. The van der Waals surface area contributed by atoms with Gasteiger partial charge < -0.3 is 23.9 Å². The van der Waals surface area contributed by atoms with Gasteiger partial charge in [-0.3, -0.25) is 4.79 Å². The number of Topliss-reactive ketones (excluding diaryl/α,β-unsaturated/α-hetero) is 1. The third-order valence-corrected chi connectivity index (χ3v) is 4.65. The number of carbonyl (C=O) groups excluding carboxylic acids is 1. The second-order valence-electron chi connectivity index (χ2n) is 6.37. The molecule has 0 atom stereocenters. The summed E-state index contributed by atoms with van der Waals surface area (Å²) < 4.78 is 16.5. The van der Waals surface area contributed by atoms with Crippen molar-refractivity contribution in [3.8, 4) is 11.5 Å². The first-order chi connectivity index (χ1) is 12.1. The highest BCUT2D eigenvalue weighted by Gasteiger charge is 2.33. The molecule has 0 amide bonds. The number of benzene rings is 1. The zero-order valence-electron chi connectivity index (χ0n) is 14.0. The number of rotatable bonds is 3. The van der Waals surface area contributed by atoms with Crippen LogP contribution in [0.25, 0.3) is 6.08 Å². The Morgan fingerprint density at radius 1 is 1.32 bits per heavy atom. The zero-order chi connectivity index (χ0) is 17.4. The molecule has 25 heavy (non-hydrogen) atoms. The highest BCUT2D eigenvalue weighted by Crippen LogP contribution is 2.40. The Morgan fingerprint density at radius 3 is 2.84 bits per heavy atom. The summed E-state index contributed by atoms with van der Waals surface area (Å²) in [4.78, 5) is 14.0. The zero-order valence-corrected chi connectivity index (χ0v) is 14.0. The Kier molecular flexibility index (Phi) is 4.07. The average Bonchev–Trinajstić information content (AvgIpc) is 3.22. The molecule has 1 N–H and O–H groups in total. The molecule has 4 rings (SSSR count). The molecular weight excluding hydrogens is 322 g/mol. The number of morpholine rings is 1. The lowest BCUT2D eigenvalue weighted by atomic mass is 9.99. The van der Waals surface area contributed by atoms with Crippen LogP contribution in [0.2, 0.25) is 0 Å². The number of quaternary nitrogens is 1. The molecule has 130 valence electrons. The number of ether oxygens (including phenoxy) is 2. The lowest BCUT2D eigenvalue weighted by Crippen LogP contribution is -3.12. The molecule has 0 saturated carbocycles. The molecule has 2 aliphatic heterocycles. The molecule has 6 heteroatoms. The normalized spacial score (nSPS) is 19.2. The van der Waals surface area contributed by atoms with E-state index in [0.717, 1.165) is 13.1 Å². The summed E-state index contributed by atoms with van der Waals surface area (Å²) >= 11 is 0. The minimum atomic E-state index is -0.206. The largest absolute Gasteiger partial charge is 0.872 e. The molecule has 1 fully saturated rings. The summed E-state index contributed by atoms with van der Waals surface area (Å²) in [5, 5.41) is 12.5. The summed E-state index contributed by atoms with van der Waals surface area (Å²) in [5.41, 5.74) is 1.70. The van der Waals surface area contributed by atoms with Crippen molar-refractivity contribution in [1.29, 1.82) is 0 Å². The summed E-state index contributed by atoms with van der Waals surface area (Å²) in [6.07, 6.45) is 3.10. The van der Waals surface area contributed by atoms with Crippen LogP contribution in [0, 0.1) is 6.92 Å². The van der Waals surface area contributed by atoms with Crippen LogP contribution in [0.1, 0.15) is 27.2 Å². The quantitative estimate of drug-likeness (QED) is 0.832. The summed E-state index contributed by atoms with van der Waals surface area (Å²) in [6.45, 7) is 5.34. The highest BCUT2D eigenvalue weighted by atomic mass is 16.5. The van der Waals surface area contributed by atoms with Gasteiger partial charge in [-0.25, -0.2) is 0 Å². The Bertz CT molecular complexity index is 832. The maximum Gasteiger partial charge on any atom is 0.232 e. The van der Waals surface area contributed by atoms with Crippen LogP contribution in [0.4, 0.5) is 0 Å². The fourth-order valence-corrected chi connectivity index (χ4v) is 3.32. The number of hydrogen-bond donors (Lipinski definition) is 1. The monoisotopic (exact) mass is 341 g/mol. The van der Waals surface area contributed by atoms with Gasteiger partial charge in [0.15, 0.2) is 5.76 Å². The van der Waals surface area contributed by atoms with Gasteiger partial charge in [0.1, 0.15) is 31.1 Å². The maximum atomic E-state index is 12.7. The third kappa shape index (κ3) is 2.94. The van der Waals surface area contributed by atoms with Gasteiger partial charge in [-0.05, 0) is 24.6 Å². The van der Waals surface area contributed by atoms with E-state index in [9.17, 15) is 9.90 Å². The number of carbonyl (C=O) groups is 1. The topological polar surface area (TPSA) is 76.2 Å². The van der Waals surface area contributed by atoms with Gasteiger partial charge in [0.2, 0.25) is 5.78 Å². The Balaban J connectivity index is 1.71. The SMILES string of the molecule is Cc1cc([O-])c(C[NH+]2CCOCC2)c2c1C(=O)C(=Cc1ccco1)O2. The average molecular weight is 341 g/mol. The van der Waals surface area contributed by atoms with Crippen molar-refractivity contribution in [2.45, 2.75) is 13.5 Å². The first-order valence-electron chi connectivity index (χ1n) is 8.36. The third-order valence-electron chi connectivity index (χ3n) is 4.65. The van der Waals surface area contributed by atoms with E-state index in [4.69, 9.17) is 13.9 Å². The van der Waals surface area contributed by atoms with Crippen molar-refractivity contribution >= 4 is 11.9 Å². The van der Waals surface area contributed by atoms with Crippen LogP contribution < -0.4 is 14.7 Å². The minimum absolute atomic E-state index is 0.0812. The van der Waals surface area contributed by atoms with Crippen LogP contribution in [0.5, 0.6) is 11.5 Å². The molecule has 2 aliphatic rings. The Morgan fingerprint density at radius 2 is 2.12 bits per heavy atom. The van der Waals surface area contributed by atoms with Gasteiger partial charge in [0.25, 0.3) is 0 Å². The molecule has 2 aromatic rings. The number of aryl methyl sites for hydroxylation is 1. The molecule has 1 aromatic heterocycles. The fraction of sp³-hybridized carbons (Fsp3) is 0.316. The first kappa shape index (κ1) is 15.9. The van der Waals surface area contributed by atoms with Crippen molar-refractivity contribution in [1.82, 2.24) is 0 Å².